The average molecular weight is 264 g/mol. The first-order chi connectivity index (χ1) is 9.11. The number of piperidine rings is 1. The van der Waals surface area contributed by atoms with Gasteiger partial charge in [-0.05, 0) is 25.5 Å². The second-order valence-electron chi connectivity index (χ2n) is 4.82. The zero-order chi connectivity index (χ0) is 13.8. The van der Waals surface area contributed by atoms with Crippen molar-refractivity contribution in [3.8, 4) is 0 Å². The van der Waals surface area contributed by atoms with Gasteiger partial charge in [-0.2, -0.15) is 0 Å². The molecule has 0 aliphatic carbocycles. The molecule has 2 heterocycles. The van der Waals surface area contributed by atoms with Gasteiger partial charge in [-0.1, -0.05) is 6.92 Å². The van der Waals surface area contributed by atoms with Crippen LogP contribution in [0.4, 0.5) is 5.95 Å². The smallest absolute Gasteiger partial charge is 0.354 e. The molecule has 1 N–H and O–H groups in total. The summed E-state index contributed by atoms with van der Waals surface area (Å²) in [5.74, 6) is -0.521. The fourth-order valence-electron chi connectivity index (χ4n) is 2.42. The minimum Gasteiger partial charge on any atom is -0.477 e. The van der Waals surface area contributed by atoms with E-state index in [4.69, 9.17) is 5.11 Å². The van der Waals surface area contributed by atoms with Crippen molar-refractivity contribution < 1.29 is 9.90 Å². The molecular weight excluding hydrogens is 244 g/mol. The van der Waals surface area contributed by atoms with Gasteiger partial charge in [0.25, 0.3) is 0 Å². The molecule has 0 spiro atoms. The van der Waals surface area contributed by atoms with Crippen LogP contribution >= 0.6 is 0 Å². The van der Waals surface area contributed by atoms with Crippen LogP contribution in [-0.4, -0.2) is 58.7 Å². The van der Waals surface area contributed by atoms with Crippen molar-refractivity contribution in [1.82, 2.24) is 14.9 Å². The Morgan fingerprint density at radius 3 is 2.79 bits per heavy atom. The number of aromatic nitrogens is 2. The Morgan fingerprint density at radius 1 is 1.53 bits per heavy atom. The minimum absolute atomic E-state index is 0.0443. The highest BCUT2D eigenvalue weighted by Crippen LogP contribution is 2.19. The SMILES string of the molecule is CCN1CCC(N(C)c2nccc(C(=O)O)n2)CC1. The van der Waals surface area contributed by atoms with E-state index in [9.17, 15) is 4.79 Å². The maximum absolute atomic E-state index is 10.9. The molecule has 19 heavy (non-hydrogen) atoms. The molecule has 0 radical (unpaired) electrons. The summed E-state index contributed by atoms with van der Waals surface area (Å²) in [6.07, 6.45) is 3.62. The molecule has 1 aromatic rings. The summed E-state index contributed by atoms with van der Waals surface area (Å²) in [5.41, 5.74) is 0.0443. The van der Waals surface area contributed by atoms with Gasteiger partial charge >= 0.3 is 5.97 Å². The van der Waals surface area contributed by atoms with Crippen LogP contribution in [-0.2, 0) is 0 Å². The number of anilines is 1. The Kier molecular flexibility index (Phi) is 4.31. The molecule has 104 valence electrons. The summed E-state index contributed by atoms with van der Waals surface area (Å²) in [6.45, 7) is 5.40. The van der Waals surface area contributed by atoms with Crippen LogP contribution in [0.25, 0.3) is 0 Å². The maximum atomic E-state index is 10.9. The van der Waals surface area contributed by atoms with Gasteiger partial charge in [-0.3, -0.25) is 0 Å². The topological polar surface area (TPSA) is 69.6 Å². The van der Waals surface area contributed by atoms with E-state index in [0.717, 1.165) is 32.5 Å². The van der Waals surface area contributed by atoms with Crippen molar-refractivity contribution in [2.75, 3.05) is 31.6 Å². The lowest BCUT2D eigenvalue weighted by Crippen LogP contribution is -2.43. The predicted octanol–water partition coefficient (Wildman–Crippen LogP) is 1.10. The molecule has 0 unspecified atom stereocenters. The first-order valence-corrected chi connectivity index (χ1v) is 6.63. The second-order valence-corrected chi connectivity index (χ2v) is 4.82. The van der Waals surface area contributed by atoms with Crippen LogP contribution in [0.1, 0.15) is 30.3 Å². The molecule has 2 rings (SSSR count). The van der Waals surface area contributed by atoms with Gasteiger partial charge in [0.1, 0.15) is 0 Å². The standard InChI is InChI=1S/C13H20N4O2/c1-3-17-8-5-10(6-9-17)16(2)13-14-7-4-11(15-13)12(18)19/h4,7,10H,3,5-6,8-9H2,1-2H3,(H,18,19). The zero-order valence-electron chi connectivity index (χ0n) is 11.4. The van der Waals surface area contributed by atoms with Crippen LogP contribution in [0.15, 0.2) is 12.3 Å². The molecule has 1 aliphatic heterocycles. The monoisotopic (exact) mass is 264 g/mol. The molecule has 6 nitrogen and oxygen atoms in total. The highest BCUT2D eigenvalue weighted by molar-refractivity contribution is 5.85. The Balaban J connectivity index is 2.05. The Morgan fingerprint density at radius 2 is 2.21 bits per heavy atom. The lowest BCUT2D eigenvalue weighted by Gasteiger charge is -2.36. The Hall–Kier alpha value is -1.69. The van der Waals surface area contributed by atoms with Gasteiger partial charge < -0.3 is 14.9 Å². The third-order valence-corrected chi connectivity index (χ3v) is 3.73. The molecule has 0 atom stereocenters. The summed E-state index contributed by atoms with van der Waals surface area (Å²) in [4.78, 5) is 23.6. The van der Waals surface area contributed by atoms with Crippen molar-refractivity contribution >= 4 is 11.9 Å². The van der Waals surface area contributed by atoms with Gasteiger partial charge in [-0.25, -0.2) is 14.8 Å². The summed E-state index contributed by atoms with van der Waals surface area (Å²) >= 11 is 0. The highest BCUT2D eigenvalue weighted by atomic mass is 16.4. The molecule has 0 bridgehead atoms. The third kappa shape index (κ3) is 3.20. The Labute approximate surface area is 113 Å². The van der Waals surface area contributed by atoms with Crippen LogP contribution in [0.3, 0.4) is 0 Å². The van der Waals surface area contributed by atoms with Crippen LogP contribution in [0.5, 0.6) is 0 Å². The predicted molar refractivity (Wildman–Crippen MR) is 72.5 cm³/mol. The van der Waals surface area contributed by atoms with E-state index in [1.54, 1.807) is 0 Å². The van der Waals surface area contributed by atoms with Crippen molar-refractivity contribution in [2.45, 2.75) is 25.8 Å². The van der Waals surface area contributed by atoms with Crippen molar-refractivity contribution in [1.29, 1.82) is 0 Å². The molecule has 1 aliphatic rings. The van der Waals surface area contributed by atoms with E-state index < -0.39 is 5.97 Å². The highest BCUT2D eigenvalue weighted by Gasteiger charge is 2.23. The first-order valence-electron chi connectivity index (χ1n) is 6.63. The van der Waals surface area contributed by atoms with Crippen molar-refractivity contribution in [3.63, 3.8) is 0 Å². The summed E-state index contributed by atoms with van der Waals surface area (Å²) in [7, 11) is 1.94. The number of carboxylic acids is 1. The van der Waals surface area contributed by atoms with Gasteiger partial charge in [0.05, 0.1) is 0 Å². The summed E-state index contributed by atoms with van der Waals surface area (Å²) in [5, 5.41) is 8.95. The molecule has 0 saturated carbocycles. The van der Waals surface area contributed by atoms with E-state index in [-0.39, 0.29) is 5.69 Å². The van der Waals surface area contributed by atoms with Gasteiger partial charge in [0, 0.05) is 32.4 Å². The number of hydrogen-bond acceptors (Lipinski definition) is 5. The van der Waals surface area contributed by atoms with Crippen molar-refractivity contribution in [2.24, 2.45) is 0 Å². The molecule has 6 heteroatoms. The maximum Gasteiger partial charge on any atom is 0.354 e. The zero-order valence-corrected chi connectivity index (χ0v) is 11.4. The van der Waals surface area contributed by atoms with Gasteiger partial charge in [0.15, 0.2) is 5.69 Å². The van der Waals surface area contributed by atoms with Crippen LogP contribution < -0.4 is 4.90 Å². The van der Waals surface area contributed by atoms with E-state index in [2.05, 4.69) is 21.8 Å². The van der Waals surface area contributed by atoms with E-state index in [0.29, 0.717) is 12.0 Å². The fourth-order valence-corrected chi connectivity index (χ4v) is 2.42. The Bertz CT molecular complexity index is 444. The molecule has 0 aromatic carbocycles. The first kappa shape index (κ1) is 13.7. The number of carbonyl (C=O) groups is 1. The number of nitrogens with zero attached hydrogens (tertiary/aromatic N) is 4. The van der Waals surface area contributed by atoms with Gasteiger partial charge in [0.2, 0.25) is 5.95 Å². The van der Waals surface area contributed by atoms with E-state index >= 15 is 0 Å². The van der Waals surface area contributed by atoms with Crippen molar-refractivity contribution in [3.05, 3.63) is 18.0 Å². The quantitative estimate of drug-likeness (QED) is 0.878. The van der Waals surface area contributed by atoms with Gasteiger partial charge in [-0.15, -0.1) is 0 Å². The lowest BCUT2D eigenvalue weighted by atomic mass is 10.0. The summed E-state index contributed by atoms with van der Waals surface area (Å²) < 4.78 is 0. The third-order valence-electron chi connectivity index (χ3n) is 3.73. The molecule has 0 amide bonds. The summed E-state index contributed by atoms with van der Waals surface area (Å²) in [6, 6.07) is 1.80. The van der Waals surface area contributed by atoms with E-state index in [1.165, 1.54) is 12.3 Å². The lowest BCUT2D eigenvalue weighted by molar-refractivity contribution is 0.0690. The number of rotatable bonds is 4. The number of likely N-dealkylation sites (tertiary alicyclic amines) is 1. The normalized spacial score (nSPS) is 17.4. The second kappa shape index (κ2) is 5.97. The number of aromatic carboxylic acids is 1. The van der Waals surface area contributed by atoms with E-state index in [1.807, 2.05) is 11.9 Å². The minimum atomic E-state index is -1.02. The van der Waals surface area contributed by atoms with Crippen LogP contribution in [0.2, 0.25) is 0 Å². The fraction of sp³-hybridized carbons (Fsp3) is 0.615. The number of hydrogen-bond donors (Lipinski definition) is 1. The molecular formula is C13H20N4O2. The van der Waals surface area contributed by atoms with Crippen LogP contribution in [0, 0.1) is 0 Å². The largest absolute Gasteiger partial charge is 0.477 e. The molecule has 1 aromatic heterocycles. The average Bonchev–Trinajstić information content (AvgIpc) is 2.46. The number of carboxylic acid groups (broad SMARTS) is 1. The molecule has 1 saturated heterocycles. The molecule has 1 fully saturated rings.